The maximum Gasteiger partial charge on any atom is 0.129 e. The van der Waals surface area contributed by atoms with E-state index in [1.807, 2.05) is 6.92 Å². The Bertz CT molecular complexity index is 463. The molecule has 22 heavy (non-hydrogen) atoms. The summed E-state index contributed by atoms with van der Waals surface area (Å²) in [5.74, 6) is 0.329. The predicted octanol–water partition coefficient (Wildman–Crippen LogP) is 4.62. The molecule has 2 rings (SSSR count). The van der Waals surface area contributed by atoms with Crippen LogP contribution in [0.1, 0.15) is 37.4 Å². The number of aryl methyl sites for hydroxylation is 1. The molecule has 1 fully saturated rings. The summed E-state index contributed by atoms with van der Waals surface area (Å²) >= 11 is 6.41. The molecule has 0 aliphatic carbocycles. The van der Waals surface area contributed by atoms with Crippen molar-refractivity contribution in [1.82, 2.24) is 10.2 Å². The van der Waals surface area contributed by atoms with Crippen molar-refractivity contribution < 1.29 is 4.39 Å². The predicted molar refractivity (Wildman–Crippen MR) is 97.3 cm³/mol. The van der Waals surface area contributed by atoms with E-state index in [0.29, 0.717) is 16.5 Å². The summed E-state index contributed by atoms with van der Waals surface area (Å²) in [6, 6.07) is 3.38. The third-order valence-corrected chi connectivity index (χ3v) is 4.44. The summed E-state index contributed by atoms with van der Waals surface area (Å²) < 4.78 is 14.4. The van der Waals surface area contributed by atoms with Crippen LogP contribution >= 0.6 is 36.4 Å². The highest BCUT2D eigenvalue weighted by Gasteiger charge is 2.27. The summed E-state index contributed by atoms with van der Waals surface area (Å²) in [6.07, 6.45) is 0.931. The highest BCUT2D eigenvalue weighted by molar-refractivity contribution is 6.32. The fraction of sp³-hybridized carbons (Fsp3) is 0.625. The van der Waals surface area contributed by atoms with Gasteiger partial charge in [-0.3, -0.25) is 4.90 Å². The molecule has 1 aromatic rings. The van der Waals surface area contributed by atoms with Crippen LogP contribution in [-0.2, 0) is 0 Å². The largest absolute Gasteiger partial charge is 0.314 e. The van der Waals surface area contributed by atoms with E-state index >= 15 is 0 Å². The van der Waals surface area contributed by atoms with Crippen molar-refractivity contribution in [2.45, 2.75) is 33.2 Å². The molecule has 0 aromatic heterocycles. The Kier molecular flexibility index (Phi) is 9.91. The normalized spacial score (nSPS) is 16.8. The molecule has 0 spiro atoms. The van der Waals surface area contributed by atoms with E-state index in [1.165, 1.54) is 0 Å². The van der Waals surface area contributed by atoms with Gasteiger partial charge in [-0.15, -0.1) is 24.8 Å². The van der Waals surface area contributed by atoms with Gasteiger partial charge in [0.05, 0.1) is 5.02 Å². The number of hydrogen-bond acceptors (Lipinski definition) is 2. The molecule has 0 bridgehead atoms. The Balaban J connectivity index is 0.00000220. The van der Waals surface area contributed by atoms with Gasteiger partial charge >= 0.3 is 0 Å². The monoisotopic (exact) mass is 370 g/mol. The maximum absolute atomic E-state index is 14.4. The van der Waals surface area contributed by atoms with E-state index in [1.54, 1.807) is 12.1 Å². The molecule has 2 nitrogen and oxygen atoms in total. The van der Waals surface area contributed by atoms with E-state index in [4.69, 9.17) is 11.6 Å². The Morgan fingerprint density at radius 1 is 1.23 bits per heavy atom. The molecule has 0 radical (unpaired) electrons. The van der Waals surface area contributed by atoms with Crippen LogP contribution < -0.4 is 5.32 Å². The summed E-state index contributed by atoms with van der Waals surface area (Å²) in [5, 5.41) is 3.94. The Hall–Kier alpha value is -0.0600. The minimum absolute atomic E-state index is 0. The minimum Gasteiger partial charge on any atom is -0.314 e. The van der Waals surface area contributed by atoms with E-state index in [2.05, 4.69) is 24.1 Å². The van der Waals surface area contributed by atoms with Gasteiger partial charge in [-0.2, -0.15) is 0 Å². The Morgan fingerprint density at radius 2 is 1.82 bits per heavy atom. The highest BCUT2D eigenvalue weighted by atomic mass is 35.5. The number of nitrogens with zero attached hydrogens (tertiary/aromatic N) is 1. The molecule has 1 aliphatic heterocycles. The topological polar surface area (TPSA) is 15.3 Å². The van der Waals surface area contributed by atoms with Crippen LogP contribution in [-0.4, -0.2) is 31.1 Å². The third-order valence-electron chi connectivity index (χ3n) is 3.94. The molecule has 0 amide bonds. The quantitative estimate of drug-likeness (QED) is 0.830. The molecule has 0 saturated carbocycles. The van der Waals surface area contributed by atoms with Crippen LogP contribution in [0.3, 0.4) is 0 Å². The van der Waals surface area contributed by atoms with Gasteiger partial charge in [0.15, 0.2) is 0 Å². The zero-order chi connectivity index (χ0) is 14.7. The lowest BCUT2D eigenvalue weighted by molar-refractivity contribution is 0.151. The zero-order valence-corrected chi connectivity index (χ0v) is 15.8. The standard InChI is InChI=1S/C16H24ClFN2.2ClH/c1-11(2)10-14(20-8-6-19-7-9-20)15-13(18)5-4-12(3)16(15)17;;/h4-5,11,14,19H,6-10H2,1-3H3;2*1H/t14-;;/m1../s1. The van der Waals surface area contributed by atoms with Gasteiger partial charge in [0, 0.05) is 37.8 Å². The van der Waals surface area contributed by atoms with Crippen LogP contribution in [0.15, 0.2) is 12.1 Å². The van der Waals surface area contributed by atoms with Crippen LogP contribution in [0.2, 0.25) is 5.02 Å². The molecule has 128 valence electrons. The number of halogens is 4. The molecular weight excluding hydrogens is 346 g/mol. The van der Waals surface area contributed by atoms with E-state index in [9.17, 15) is 4.39 Å². The van der Waals surface area contributed by atoms with Crippen molar-refractivity contribution in [3.05, 3.63) is 34.1 Å². The molecule has 1 N–H and O–H groups in total. The van der Waals surface area contributed by atoms with E-state index in [-0.39, 0.29) is 36.7 Å². The molecule has 1 aliphatic rings. The van der Waals surface area contributed by atoms with Crippen LogP contribution in [0.4, 0.5) is 4.39 Å². The lowest BCUT2D eigenvalue weighted by Gasteiger charge is -2.37. The van der Waals surface area contributed by atoms with Gasteiger partial charge in [0.1, 0.15) is 5.82 Å². The number of hydrogen-bond donors (Lipinski definition) is 1. The first-order chi connectivity index (χ1) is 9.50. The Morgan fingerprint density at radius 3 is 2.36 bits per heavy atom. The summed E-state index contributed by atoms with van der Waals surface area (Å²) in [4.78, 5) is 2.36. The van der Waals surface area contributed by atoms with Crippen LogP contribution in [0.25, 0.3) is 0 Å². The first-order valence-corrected chi connectivity index (χ1v) is 7.77. The molecule has 1 aromatic carbocycles. The molecular formula is C16H26Cl3FN2. The molecule has 0 unspecified atom stereocenters. The van der Waals surface area contributed by atoms with Gasteiger partial charge in [-0.25, -0.2) is 4.39 Å². The van der Waals surface area contributed by atoms with Gasteiger partial charge in [0.25, 0.3) is 0 Å². The number of rotatable bonds is 4. The SMILES string of the molecule is Cc1ccc(F)c([C@@H](CC(C)C)N2CCNCC2)c1Cl.Cl.Cl. The van der Waals surface area contributed by atoms with Gasteiger partial charge < -0.3 is 5.32 Å². The summed E-state index contributed by atoms with van der Waals surface area (Å²) in [6.45, 7) is 10.1. The number of benzene rings is 1. The minimum atomic E-state index is -0.176. The first kappa shape index (κ1) is 21.9. The van der Waals surface area contributed by atoms with Crippen molar-refractivity contribution in [1.29, 1.82) is 0 Å². The average molecular weight is 372 g/mol. The highest BCUT2D eigenvalue weighted by Crippen LogP contribution is 2.36. The van der Waals surface area contributed by atoms with Crippen molar-refractivity contribution in [2.75, 3.05) is 26.2 Å². The second-order valence-corrected chi connectivity index (χ2v) is 6.40. The zero-order valence-electron chi connectivity index (χ0n) is 13.4. The van der Waals surface area contributed by atoms with Crippen LogP contribution in [0.5, 0.6) is 0 Å². The molecule has 1 saturated heterocycles. The number of nitrogens with one attached hydrogen (secondary N) is 1. The summed E-state index contributed by atoms with van der Waals surface area (Å²) in [5.41, 5.74) is 1.63. The summed E-state index contributed by atoms with van der Waals surface area (Å²) in [7, 11) is 0. The Labute approximate surface area is 150 Å². The van der Waals surface area contributed by atoms with Crippen molar-refractivity contribution in [2.24, 2.45) is 5.92 Å². The second kappa shape index (κ2) is 9.94. The van der Waals surface area contributed by atoms with E-state index < -0.39 is 0 Å². The van der Waals surface area contributed by atoms with Crippen molar-refractivity contribution in [3.8, 4) is 0 Å². The molecule has 6 heteroatoms. The molecule has 1 heterocycles. The fourth-order valence-electron chi connectivity index (χ4n) is 2.87. The first-order valence-electron chi connectivity index (χ1n) is 7.40. The van der Waals surface area contributed by atoms with E-state index in [0.717, 1.165) is 38.2 Å². The second-order valence-electron chi connectivity index (χ2n) is 6.02. The maximum atomic E-state index is 14.4. The lowest BCUT2D eigenvalue weighted by atomic mass is 9.93. The average Bonchev–Trinajstić information content (AvgIpc) is 2.43. The number of piperazine rings is 1. The van der Waals surface area contributed by atoms with Crippen LogP contribution in [0, 0.1) is 18.7 Å². The van der Waals surface area contributed by atoms with Crippen molar-refractivity contribution >= 4 is 36.4 Å². The van der Waals surface area contributed by atoms with Gasteiger partial charge in [0.2, 0.25) is 0 Å². The van der Waals surface area contributed by atoms with Gasteiger partial charge in [-0.05, 0) is 30.9 Å². The smallest absolute Gasteiger partial charge is 0.129 e. The van der Waals surface area contributed by atoms with Gasteiger partial charge in [-0.1, -0.05) is 31.5 Å². The molecule has 1 atom stereocenters. The third kappa shape index (κ3) is 5.24. The fourth-order valence-corrected chi connectivity index (χ4v) is 3.15. The van der Waals surface area contributed by atoms with Crippen molar-refractivity contribution in [3.63, 3.8) is 0 Å². The lowest BCUT2D eigenvalue weighted by Crippen LogP contribution is -2.45.